The van der Waals surface area contributed by atoms with E-state index in [2.05, 4.69) is 187 Å². The van der Waals surface area contributed by atoms with Crippen LogP contribution in [-0.4, -0.2) is 15.0 Å². The Hall–Kier alpha value is -6.97. The van der Waals surface area contributed by atoms with Gasteiger partial charge in [0.15, 0.2) is 5.82 Å². The molecule has 0 aliphatic rings. The summed E-state index contributed by atoms with van der Waals surface area (Å²) in [6.45, 7) is 4.07. The van der Waals surface area contributed by atoms with Gasteiger partial charge in [-0.05, 0) is 80.9 Å². The maximum atomic E-state index is 5.18. The Morgan fingerprint density at radius 2 is 0.889 bits per heavy atom. The van der Waals surface area contributed by atoms with E-state index < -0.39 is 0 Å². The highest BCUT2D eigenvalue weighted by Crippen LogP contribution is 2.34. The molecule has 7 aromatic carbocycles. The predicted octanol–water partition coefficient (Wildman–Crippen LogP) is 13.5. The zero-order chi connectivity index (χ0) is 36.4. The molecule has 0 spiro atoms. The molecule has 0 amide bonds. The number of aryl methyl sites for hydroxylation is 1. The molecule has 0 bridgehead atoms. The average Bonchev–Trinajstić information content (AvgIpc) is 3.24. The third kappa shape index (κ3) is 6.37. The highest BCUT2D eigenvalue weighted by molar-refractivity contribution is 5.98. The normalized spacial score (nSPS) is 11.4. The third-order valence-electron chi connectivity index (χ3n) is 10.2. The summed E-state index contributed by atoms with van der Waals surface area (Å²) in [7, 11) is 0. The molecule has 0 aliphatic heterocycles. The fourth-order valence-corrected chi connectivity index (χ4v) is 7.34. The summed E-state index contributed by atoms with van der Waals surface area (Å²) in [6, 6.07) is 60.3. The molecule has 2 aromatic heterocycles. The van der Waals surface area contributed by atoms with Crippen molar-refractivity contribution in [3.05, 3.63) is 193 Å². The van der Waals surface area contributed by atoms with Crippen LogP contribution in [0.1, 0.15) is 18.2 Å². The minimum atomic E-state index is 0.688. The second-order valence-corrected chi connectivity index (χ2v) is 13.6. The fraction of sp³-hybridized carbons (Fsp3) is 0.0392. The van der Waals surface area contributed by atoms with E-state index in [9.17, 15) is 0 Å². The lowest BCUT2D eigenvalue weighted by Crippen LogP contribution is -1.96. The Morgan fingerprint density at radius 3 is 1.43 bits per heavy atom. The molecule has 0 saturated carbocycles. The van der Waals surface area contributed by atoms with Crippen LogP contribution in [0.2, 0.25) is 0 Å². The van der Waals surface area contributed by atoms with Crippen LogP contribution in [0.5, 0.6) is 0 Å². The smallest absolute Gasteiger partial charge is 0.160 e. The minimum absolute atomic E-state index is 0.688. The largest absolute Gasteiger partial charge is 0.260 e. The predicted molar refractivity (Wildman–Crippen MR) is 227 cm³/mol. The summed E-state index contributed by atoms with van der Waals surface area (Å²) >= 11 is 0. The standard InChI is InChI=1S/C51H37N3/c1-3-10-43-31-44(33-52-34(43)2)35-19-25-40(26-20-35)49-32-50(41-27-21-38(22-28-41)47-17-8-13-36-11-4-6-15-45(36)47)54-51(53-49)42-29-23-39(24-30-42)48-18-9-14-37-12-5-7-16-46(37)48/h3-33H,1-2H3/b10-3-. The molecule has 3 nitrogen and oxygen atoms in total. The molecule has 256 valence electrons. The van der Waals surface area contributed by atoms with Crippen molar-refractivity contribution in [1.82, 2.24) is 15.0 Å². The highest BCUT2D eigenvalue weighted by atomic mass is 14.9. The summed E-state index contributed by atoms with van der Waals surface area (Å²) < 4.78 is 0. The maximum absolute atomic E-state index is 5.18. The number of hydrogen-bond donors (Lipinski definition) is 0. The van der Waals surface area contributed by atoms with Gasteiger partial charge in [-0.2, -0.15) is 0 Å². The van der Waals surface area contributed by atoms with E-state index in [4.69, 9.17) is 9.97 Å². The molecule has 0 aliphatic carbocycles. The average molecular weight is 692 g/mol. The van der Waals surface area contributed by atoms with Crippen LogP contribution < -0.4 is 0 Å². The highest BCUT2D eigenvalue weighted by Gasteiger charge is 2.13. The summed E-state index contributed by atoms with van der Waals surface area (Å²) in [5.41, 5.74) is 13.9. The molecule has 0 N–H and O–H groups in total. The van der Waals surface area contributed by atoms with Crippen LogP contribution in [0.15, 0.2) is 182 Å². The second-order valence-electron chi connectivity index (χ2n) is 13.6. The Morgan fingerprint density at radius 1 is 0.426 bits per heavy atom. The molecular formula is C51H37N3. The molecule has 54 heavy (non-hydrogen) atoms. The molecule has 2 heterocycles. The molecule has 0 saturated heterocycles. The van der Waals surface area contributed by atoms with Gasteiger partial charge in [0.1, 0.15) is 0 Å². The molecular weight excluding hydrogens is 655 g/mol. The van der Waals surface area contributed by atoms with Crippen molar-refractivity contribution in [2.24, 2.45) is 0 Å². The number of aromatic nitrogens is 3. The first kappa shape index (κ1) is 32.9. The molecule has 0 fully saturated rings. The Labute approximate surface area is 316 Å². The lowest BCUT2D eigenvalue weighted by atomic mass is 9.96. The van der Waals surface area contributed by atoms with E-state index in [1.54, 1.807) is 0 Å². The lowest BCUT2D eigenvalue weighted by molar-refractivity contribution is 1.18. The summed E-state index contributed by atoms with van der Waals surface area (Å²) in [5.74, 6) is 0.688. The second kappa shape index (κ2) is 14.2. The monoisotopic (exact) mass is 691 g/mol. The van der Waals surface area contributed by atoms with Crippen molar-refractivity contribution in [2.75, 3.05) is 0 Å². The third-order valence-corrected chi connectivity index (χ3v) is 10.2. The van der Waals surface area contributed by atoms with Crippen molar-refractivity contribution < 1.29 is 0 Å². The van der Waals surface area contributed by atoms with Crippen molar-refractivity contribution in [2.45, 2.75) is 13.8 Å². The van der Waals surface area contributed by atoms with Gasteiger partial charge < -0.3 is 0 Å². The van der Waals surface area contributed by atoms with Crippen LogP contribution in [0, 0.1) is 6.92 Å². The quantitative estimate of drug-likeness (QED) is 0.167. The first-order valence-corrected chi connectivity index (χ1v) is 18.4. The van der Waals surface area contributed by atoms with E-state index >= 15 is 0 Å². The number of pyridine rings is 1. The molecule has 0 atom stereocenters. The summed E-state index contributed by atoms with van der Waals surface area (Å²) in [6.07, 6.45) is 6.10. The van der Waals surface area contributed by atoms with Crippen LogP contribution in [0.3, 0.4) is 0 Å². The van der Waals surface area contributed by atoms with Gasteiger partial charge in [0.2, 0.25) is 0 Å². The van der Waals surface area contributed by atoms with Gasteiger partial charge in [0.25, 0.3) is 0 Å². The first-order chi connectivity index (χ1) is 26.6. The van der Waals surface area contributed by atoms with Crippen molar-refractivity contribution in [1.29, 1.82) is 0 Å². The maximum Gasteiger partial charge on any atom is 0.160 e. The van der Waals surface area contributed by atoms with E-state index in [-0.39, 0.29) is 0 Å². The topological polar surface area (TPSA) is 38.7 Å². The molecule has 3 heteroatoms. The fourth-order valence-electron chi connectivity index (χ4n) is 7.34. The lowest BCUT2D eigenvalue weighted by Gasteiger charge is -2.12. The number of rotatable bonds is 7. The van der Waals surface area contributed by atoms with Crippen molar-refractivity contribution in [3.8, 4) is 67.3 Å². The van der Waals surface area contributed by atoms with Crippen LogP contribution in [0.4, 0.5) is 0 Å². The van der Waals surface area contributed by atoms with E-state index in [1.807, 2.05) is 20.0 Å². The minimum Gasteiger partial charge on any atom is -0.260 e. The zero-order valence-electron chi connectivity index (χ0n) is 30.2. The van der Waals surface area contributed by atoms with Crippen molar-refractivity contribution >= 4 is 27.6 Å². The summed E-state index contributed by atoms with van der Waals surface area (Å²) in [4.78, 5) is 15.0. The molecule has 9 rings (SSSR count). The number of fused-ring (bicyclic) bond motifs is 2. The van der Waals surface area contributed by atoms with E-state index in [0.29, 0.717) is 5.82 Å². The van der Waals surface area contributed by atoms with Crippen LogP contribution in [-0.2, 0) is 0 Å². The Bertz CT molecular complexity index is 2660. The van der Waals surface area contributed by atoms with Gasteiger partial charge in [-0.1, -0.05) is 170 Å². The van der Waals surface area contributed by atoms with E-state index in [0.717, 1.165) is 56.0 Å². The Balaban J connectivity index is 1.11. The van der Waals surface area contributed by atoms with Gasteiger partial charge in [0, 0.05) is 34.1 Å². The molecule has 0 unspecified atom stereocenters. The molecule has 9 aromatic rings. The first-order valence-electron chi connectivity index (χ1n) is 18.4. The van der Waals surface area contributed by atoms with Crippen LogP contribution >= 0.6 is 0 Å². The van der Waals surface area contributed by atoms with E-state index in [1.165, 1.54) is 38.2 Å². The number of hydrogen-bond acceptors (Lipinski definition) is 3. The van der Waals surface area contributed by atoms with Gasteiger partial charge in [-0.25, -0.2) is 9.97 Å². The van der Waals surface area contributed by atoms with Crippen molar-refractivity contribution in [3.63, 3.8) is 0 Å². The van der Waals surface area contributed by atoms with Crippen LogP contribution in [0.25, 0.3) is 94.9 Å². The number of allylic oxidation sites excluding steroid dienone is 1. The molecule has 0 radical (unpaired) electrons. The van der Waals surface area contributed by atoms with Gasteiger partial charge in [0.05, 0.1) is 11.4 Å². The van der Waals surface area contributed by atoms with Gasteiger partial charge in [-0.3, -0.25) is 4.98 Å². The number of nitrogens with zero attached hydrogens (tertiary/aromatic N) is 3. The van der Waals surface area contributed by atoms with Gasteiger partial charge in [-0.15, -0.1) is 0 Å². The van der Waals surface area contributed by atoms with Gasteiger partial charge >= 0.3 is 0 Å². The summed E-state index contributed by atoms with van der Waals surface area (Å²) in [5, 5.41) is 4.95. The number of benzene rings is 7. The SMILES string of the molecule is C/C=C\c1cc(-c2ccc(-c3cc(-c4ccc(-c5cccc6ccccc56)cc4)nc(-c4ccc(-c5cccc6ccccc56)cc4)n3)cc2)cnc1C. The Kier molecular flexibility index (Phi) is 8.66. The zero-order valence-corrected chi connectivity index (χ0v) is 30.2.